The molecule has 0 bridgehead atoms. The lowest BCUT2D eigenvalue weighted by Gasteiger charge is -2.30. The van der Waals surface area contributed by atoms with Crippen LogP contribution in [0.2, 0.25) is 0 Å². The van der Waals surface area contributed by atoms with Gasteiger partial charge < -0.3 is 9.67 Å². The van der Waals surface area contributed by atoms with Gasteiger partial charge in [-0.05, 0) is 19.3 Å². The largest absolute Gasteiger partial charge is 0.481 e. The van der Waals surface area contributed by atoms with E-state index in [-0.39, 0.29) is 11.3 Å². The molecule has 3 nitrogen and oxygen atoms in total. The SMILES string of the molecule is CCCC(CC)(CC)[PH](=O)CC(=O)O. The van der Waals surface area contributed by atoms with E-state index in [1.54, 1.807) is 0 Å². The summed E-state index contributed by atoms with van der Waals surface area (Å²) in [7, 11) is -2.00. The molecule has 0 saturated carbocycles. The average Bonchev–Trinajstić information content (AvgIpc) is 2.13. The topological polar surface area (TPSA) is 54.4 Å². The Balaban J connectivity index is 4.61. The second-order valence-corrected chi connectivity index (χ2v) is 5.99. The minimum absolute atomic E-state index is 0.146. The number of hydrogen-bond donors (Lipinski definition) is 1. The highest BCUT2D eigenvalue weighted by Gasteiger charge is 2.32. The zero-order valence-electron chi connectivity index (χ0n) is 9.30. The minimum atomic E-state index is -2.00. The summed E-state index contributed by atoms with van der Waals surface area (Å²) in [6.07, 6.45) is 3.35. The summed E-state index contributed by atoms with van der Waals surface area (Å²) in [6.45, 7) is 6.06. The second kappa shape index (κ2) is 6.23. The Hall–Kier alpha value is -0.300. The summed E-state index contributed by atoms with van der Waals surface area (Å²) >= 11 is 0. The van der Waals surface area contributed by atoms with Crippen LogP contribution in [0.5, 0.6) is 0 Å². The number of carbonyl (C=O) groups is 1. The van der Waals surface area contributed by atoms with Crippen molar-refractivity contribution < 1.29 is 14.5 Å². The van der Waals surface area contributed by atoms with E-state index in [1.807, 2.05) is 13.8 Å². The number of hydrogen-bond acceptors (Lipinski definition) is 2. The van der Waals surface area contributed by atoms with Gasteiger partial charge in [0.25, 0.3) is 0 Å². The molecule has 0 saturated heterocycles. The Morgan fingerprint density at radius 2 is 1.79 bits per heavy atom. The monoisotopic (exact) mass is 220 g/mol. The molecule has 1 unspecified atom stereocenters. The molecular formula is C10H21O3P. The number of carboxylic acid groups (broad SMARTS) is 1. The maximum Gasteiger partial charge on any atom is 0.310 e. The van der Waals surface area contributed by atoms with Crippen molar-refractivity contribution >= 4 is 13.8 Å². The van der Waals surface area contributed by atoms with Crippen LogP contribution in [0.25, 0.3) is 0 Å². The molecule has 0 aromatic heterocycles. The van der Waals surface area contributed by atoms with E-state index >= 15 is 0 Å². The van der Waals surface area contributed by atoms with E-state index in [0.29, 0.717) is 0 Å². The van der Waals surface area contributed by atoms with Crippen molar-refractivity contribution in [2.24, 2.45) is 0 Å². The molecule has 84 valence electrons. The first-order valence-electron chi connectivity index (χ1n) is 5.27. The van der Waals surface area contributed by atoms with Gasteiger partial charge in [0.1, 0.15) is 0 Å². The number of aliphatic carboxylic acids is 1. The highest BCUT2D eigenvalue weighted by molar-refractivity contribution is 7.47. The molecule has 0 fully saturated rings. The molecule has 0 rings (SSSR count). The maximum atomic E-state index is 11.9. The lowest BCUT2D eigenvalue weighted by molar-refractivity contribution is -0.134. The van der Waals surface area contributed by atoms with Crippen LogP contribution in [0.4, 0.5) is 0 Å². The van der Waals surface area contributed by atoms with Gasteiger partial charge in [-0.15, -0.1) is 0 Å². The predicted octanol–water partition coefficient (Wildman–Crippen LogP) is 2.99. The van der Waals surface area contributed by atoms with Gasteiger partial charge in [-0.1, -0.05) is 27.2 Å². The molecule has 0 aliphatic rings. The van der Waals surface area contributed by atoms with Crippen molar-refractivity contribution in [2.75, 3.05) is 6.16 Å². The van der Waals surface area contributed by atoms with Gasteiger partial charge in [0.15, 0.2) is 0 Å². The molecule has 14 heavy (non-hydrogen) atoms. The highest BCUT2D eigenvalue weighted by atomic mass is 31.1. The molecule has 4 heteroatoms. The van der Waals surface area contributed by atoms with E-state index < -0.39 is 13.8 Å². The fourth-order valence-electron chi connectivity index (χ4n) is 1.94. The number of rotatable bonds is 7. The predicted molar refractivity (Wildman–Crippen MR) is 59.7 cm³/mol. The van der Waals surface area contributed by atoms with Crippen molar-refractivity contribution in [1.29, 1.82) is 0 Å². The van der Waals surface area contributed by atoms with Crippen LogP contribution in [0, 0.1) is 0 Å². The fraction of sp³-hybridized carbons (Fsp3) is 0.900. The Morgan fingerprint density at radius 1 is 1.29 bits per heavy atom. The molecule has 0 aliphatic heterocycles. The first-order valence-corrected chi connectivity index (χ1v) is 6.89. The quantitative estimate of drug-likeness (QED) is 0.671. The van der Waals surface area contributed by atoms with Crippen LogP contribution in [0.1, 0.15) is 46.5 Å². The summed E-state index contributed by atoms with van der Waals surface area (Å²) in [5, 5.41) is 8.42. The highest BCUT2D eigenvalue weighted by Crippen LogP contribution is 2.47. The van der Waals surface area contributed by atoms with Gasteiger partial charge in [0.05, 0.1) is 14.0 Å². The third-order valence-electron chi connectivity index (χ3n) is 2.99. The summed E-state index contributed by atoms with van der Waals surface area (Å²) in [4.78, 5) is 10.5. The summed E-state index contributed by atoms with van der Waals surface area (Å²) < 4.78 is 11.9. The van der Waals surface area contributed by atoms with Gasteiger partial charge >= 0.3 is 5.97 Å². The van der Waals surface area contributed by atoms with Gasteiger partial charge in [-0.3, -0.25) is 4.79 Å². The lowest BCUT2D eigenvalue weighted by Crippen LogP contribution is -2.24. The Kier molecular flexibility index (Phi) is 6.10. The maximum absolute atomic E-state index is 11.9. The van der Waals surface area contributed by atoms with Crippen LogP contribution in [-0.2, 0) is 9.36 Å². The molecular weight excluding hydrogens is 199 g/mol. The van der Waals surface area contributed by atoms with Crippen molar-refractivity contribution in [3.63, 3.8) is 0 Å². The molecule has 0 radical (unpaired) electrons. The molecule has 0 aromatic carbocycles. The first kappa shape index (κ1) is 13.7. The standard InChI is InChI=1S/C10H21O3P/c1-4-7-10(5-2,6-3)14(13)8-9(11)12/h14H,4-8H2,1-3H3,(H,11,12). The van der Waals surface area contributed by atoms with Crippen LogP contribution in [0.15, 0.2) is 0 Å². The van der Waals surface area contributed by atoms with Crippen molar-refractivity contribution in [3.8, 4) is 0 Å². The van der Waals surface area contributed by atoms with Crippen molar-refractivity contribution in [2.45, 2.75) is 51.6 Å². The van der Waals surface area contributed by atoms with Crippen LogP contribution in [0.3, 0.4) is 0 Å². The third kappa shape index (κ3) is 3.45. The molecule has 0 aliphatic carbocycles. The van der Waals surface area contributed by atoms with Gasteiger partial charge in [0, 0.05) is 5.16 Å². The second-order valence-electron chi connectivity index (χ2n) is 3.73. The Bertz CT molecular complexity index is 209. The smallest absolute Gasteiger partial charge is 0.310 e. The van der Waals surface area contributed by atoms with Crippen LogP contribution >= 0.6 is 7.80 Å². The molecule has 0 heterocycles. The Labute approximate surface area is 86.7 Å². The summed E-state index contributed by atoms with van der Waals surface area (Å²) in [5.41, 5.74) is 0. The molecule has 1 N–H and O–H groups in total. The zero-order valence-corrected chi connectivity index (χ0v) is 10.3. The Morgan fingerprint density at radius 3 is 2.07 bits per heavy atom. The third-order valence-corrected chi connectivity index (χ3v) is 5.75. The van der Waals surface area contributed by atoms with Crippen LogP contribution in [-0.4, -0.2) is 22.4 Å². The first-order chi connectivity index (χ1) is 6.52. The lowest BCUT2D eigenvalue weighted by atomic mass is 9.97. The average molecular weight is 220 g/mol. The van der Waals surface area contributed by atoms with Crippen LogP contribution < -0.4 is 0 Å². The number of carboxylic acids is 1. The zero-order chi connectivity index (χ0) is 11.2. The van der Waals surface area contributed by atoms with Crippen molar-refractivity contribution in [1.82, 2.24) is 0 Å². The normalized spacial score (nSPS) is 13.9. The molecule has 1 atom stereocenters. The van der Waals surface area contributed by atoms with E-state index in [9.17, 15) is 9.36 Å². The van der Waals surface area contributed by atoms with E-state index in [2.05, 4.69) is 6.92 Å². The molecule has 0 aromatic rings. The van der Waals surface area contributed by atoms with Gasteiger partial charge in [-0.2, -0.15) is 0 Å². The van der Waals surface area contributed by atoms with E-state index in [0.717, 1.165) is 25.7 Å². The molecule has 0 spiro atoms. The summed E-state index contributed by atoms with van der Waals surface area (Å²) in [6, 6.07) is 0. The van der Waals surface area contributed by atoms with E-state index in [1.165, 1.54) is 0 Å². The van der Waals surface area contributed by atoms with Crippen molar-refractivity contribution in [3.05, 3.63) is 0 Å². The minimum Gasteiger partial charge on any atom is -0.481 e. The van der Waals surface area contributed by atoms with Gasteiger partial charge in [0.2, 0.25) is 0 Å². The van der Waals surface area contributed by atoms with E-state index in [4.69, 9.17) is 5.11 Å². The van der Waals surface area contributed by atoms with Gasteiger partial charge in [-0.25, -0.2) is 0 Å². The fourth-order valence-corrected chi connectivity index (χ4v) is 3.91. The molecule has 0 amide bonds. The summed E-state index contributed by atoms with van der Waals surface area (Å²) in [5.74, 6) is -0.934.